The summed E-state index contributed by atoms with van der Waals surface area (Å²) in [6.07, 6.45) is 4.42. The average Bonchev–Trinajstić information content (AvgIpc) is 0.766. The van der Waals surface area contributed by atoms with Crippen molar-refractivity contribution in [3.63, 3.8) is 0 Å². The lowest BCUT2D eigenvalue weighted by atomic mass is 9.61. The molecule has 0 aromatic heterocycles. The molecule has 0 heterocycles. The molecule has 8 rings (SSSR count). The van der Waals surface area contributed by atoms with Crippen LogP contribution < -0.4 is 0 Å². The Balaban J connectivity index is 0.000000232. The molecule has 0 amide bonds. The molecule has 98 heavy (non-hydrogen) atoms. The molecule has 0 spiro atoms. The van der Waals surface area contributed by atoms with Crippen molar-refractivity contribution < 1.29 is 0 Å². The van der Waals surface area contributed by atoms with Crippen LogP contribution in [0, 0.1) is 199 Å². The van der Waals surface area contributed by atoms with Crippen molar-refractivity contribution in [2.24, 2.45) is 32.5 Å². The summed E-state index contributed by atoms with van der Waals surface area (Å²) in [6, 6.07) is 0. The molecule has 0 fully saturated rings. The van der Waals surface area contributed by atoms with E-state index >= 15 is 0 Å². The van der Waals surface area contributed by atoms with Crippen LogP contribution in [0.1, 0.15) is 319 Å². The highest BCUT2D eigenvalue weighted by molar-refractivity contribution is 6.13. The molecule has 0 saturated heterocycles. The zero-order valence-electron chi connectivity index (χ0n) is 72.8. The van der Waals surface area contributed by atoms with Crippen molar-refractivity contribution >= 4 is 43.1 Å². The summed E-state index contributed by atoms with van der Waals surface area (Å²) in [5.74, 6) is 0. The summed E-state index contributed by atoms with van der Waals surface area (Å²) >= 11 is 0. The summed E-state index contributed by atoms with van der Waals surface area (Å²) in [5.41, 5.74) is 49.0. The lowest BCUT2D eigenvalue weighted by molar-refractivity contribution is 0.223. The maximum Gasteiger partial charge on any atom is -0.00496 e. The van der Waals surface area contributed by atoms with Crippen LogP contribution in [0.5, 0.6) is 0 Å². The average molecular weight is 1320 g/mol. The fourth-order valence-electron chi connectivity index (χ4n) is 17.8. The normalized spacial score (nSPS) is 13.2. The second kappa shape index (κ2) is 27.2. The first-order valence-corrected chi connectivity index (χ1v) is 38.1. The van der Waals surface area contributed by atoms with Crippen LogP contribution in [0.25, 0.3) is 54.2 Å². The first kappa shape index (κ1) is 81.8. The zero-order chi connectivity index (χ0) is 75.9. The van der Waals surface area contributed by atoms with Crippen molar-refractivity contribution in [2.45, 2.75) is 355 Å². The molecule has 0 aliphatic heterocycles. The van der Waals surface area contributed by atoms with Crippen LogP contribution in [0.3, 0.4) is 0 Å². The van der Waals surface area contributed by atoms with Gasteiger partial charge in [0.2, 0.25) is 0 Å². The second-order valence-electron chi connectivity index (χ2n) is 40.1. The number of aryl methyl sites for hydroxylation is 8. The van der Waals surface area contributed by atoms with Crippen molar-refractivity contribution in [3.05, 3.63) is 167 Å². The van der Waals surface area contributed by atoms with Gasteiger partial charge in [0, 0.05) is 0 Å². The highest BCUT2D eigenvalue weighted by atomic mass is 14.5. The SMILES string of the molecule is Cc1c(C)c(C(C)(C)C(C)(C)C)c(C)c(C)c1-c1c(C)c(C)c(C(C)(C)C(C)(C)C)c(C)c1C.Cc1c(C)c(C)c2c(C)c3c(CC(C)(C)C)c(C)c(C)c(CC(C)(C)C)c3c(C)c2c1C.Cc1c(C)c(C)c2c(CC(C)(C)C)c3c(C)c(C)c(C)c(C)c3c(CC(C)(C)C)c2c1C. The maximum absolute atomic E-state index is 2.43. The lowest BCUT2D eigenvalue weighted by Gasteiger charge is -2.43. The van der Waals surface area contributed by atoms with Gasteiger partial charge in [-0.25, -0.2) is 0 Å². The molecule has 8 aromatic rings. The van der Waals surface area contributed by atoms with Gasteiger partial charge in [0.25, 0.3) is 0 Å². The Morgan fingerprint density at radius 3 is 0.490 bits per heavy atom. The third kappa shape index (κ3) is 14.5. The number of fused-ring (bicyclic) bond motifs is 4. The van der Waals surface area contributed by atoms with Crippen LogP contribution in [0.2, 0.25) is 0 Å². The lowest BCUT2D eigenvalue weighted by Crippen LogP contribution is -2.36. The van der Waals surface area contributed by atoms with Crippen molar-refractivity contribution in [3.8, 4) is 11.1 Å². The van der Waals surface area contributed by atoms with Gasteiger partial charge in [-0.05, 0) is 456 Å². The number of benzene rings is 8. The van der Waals surface area contributed by atoms with Gasteiger partial charge in [0.1, 0.15) is 0 Å². The second-order valence-corrected chi connectivity index (χ2v) is 40.1. The fraction of sp³-hybridized carbons (Fsp3) is 0.592. The van der Waals surface area contributed by atoms with Gasteiger partial charge in [-0.2, -0.15) is 0 Å². The first-order chi connectivity index (χ1) is 44.0. The fourth-order valence-corrected chi connectivity index (χ4v) is 17.8. The van der Waals surface area contributed by atoms with E-state index in [0.29, 0.717) is 0 Å². The molecule has 538 valence electrons. The smallest absolute Gasteiger partial charge is 0.00496 e. The summed E-state index contributed by atoms with van der Waals surface area (Å²) in [7, 11) is 0. The minimum Gasteiger partial charge on any atom is -0.0599 e. The van der Waals surface area contributed by atoms with Crippen molar-refractivity contribution in [1.29, 1.82) is 0 Å². The summed E-state index contributed by atoms with van der Waals surface area (Å²) in [4.78, 5) is 0. The van der Waals surface area contributed by atoms with Gasteiger partial charge in [-0.1, -0.05) is 152 Å². The number of hydrogen-bond donors (Lipinski definition) is 0. The molecule has 0 nitrogen and oxygen atoms in total. The van der Waals surface area contributed by atoms with Crippen LogP contribution >= 0.6 is 0 Å². The Kier molecular flexibility index (Phi) is 22.7. The molecule has 0 N–H and O–H groups in total. The van der Waals surface area contributed by atoms with Gasteiger partial charge in [-0.15, -0.1) is 0 Å². The quantitative estimate of drug-likeness (QED) is 0.140. The summed E-state index contributed by atoms with van der Waals surface area (Å²) in [6.45, 7) is 109. The van der Waals surface area contributed by atoms with E-state index < -0.39 is 0 Å². The Morgan fingerprint density at radius 1 is 0.153 bits per heavy atom. The third-order valence-electron chi connectivity index (χ3n) is 26.4. The number of hydrogen-bond acceptors (Lipinski definition) is 0. The van der Waals surface area contributed by atoms with Crippen LogP contribution in [0.4, 0.5) is 0 Å². The van der Waals surface area contributed by atoms with E-state index in [1.165, 1.54) is 199 Å². The van der Waals surface area contributed by atoms with E-state index in [9.17, 15) is 0 Å². The Hall–Kier alpha value is -5.20. The molecule has 0 aliphatic carbocycles. The standard InChI is InChI=1S/C34H54.2C32H46/c1-19-23(5)29(33(15,16)31(9,10)11)24(6)20(2)27(19)28-21(3)25(7)30(26(8)22(28)4)34(17,18)32(12,13)14;1-17-18(2)22(6)28-24(8)30-26(16-32(12,13)14)20(4)19(3)25(15-31(9,10)11)29(30)23(7)27(28)21(17)5;1-17-18(2)22(6)28-26(16-32(12,13)14)30-24(8)20(4)19(3)23(7)29(30)25(15-31(9,10)11)27(28)21(17)5/h1-18H3;2*15-16H2,1-14H3. The van der Waals surface area contributed by atoms with Crippen LogP contribution in [-0.4, -0.2) is 0 Å². The molecule has 0 unspecified atom stereocenters. The Labute approximate surface area is 605 Å². The predicted octanol–water partition coefficient (Wildman–Crippen LogP) is 29.7. The molecule has 0 atom stereocenters. The van der Waals surface area contributed by atoms with Gasteiger partial charge >= 0.3 is 0 Å². The summed E-state index contributed by atoms with van der Waals surface area (Å²) in [5, 5.41) is 12.2. The number of rotatable bonds is 7. The predicted molar refractivity (Wildman–Crippen MR) is 446 cm³/mol. The van der Waals surface area contributed by atoms with Crippen LogP contribution in [0.15, 0.2) is 0 Å². The molecular weight excluding hydrogens is 1180 g/mol. The van der Waals surface area contributed by atoms with E-state index in [0.717, 1.165) is 25.7 Å². The highest BCUT2D eigenvalue weighted by Crippen LogP contribution is 2.53. The topological polar surface area (TPSA) is 0 Å². The van der Waals surface area contributed by atoms with Crippen LogP contribution in [-0.2, 0) is 36.5 Å². The molecule has 0 saturated carbocycles. The minimum absolute atomic E-state index is 0.0890. The molecule has 0 radical (unpaired) electrons. The van der Waals surface area contributed by atoms with Crippen molar-refractivity contribution in [1.82, 2.24) is 0 Å². The van der Waals surface area contributed by atoms with Gasteiger partial charge in [0.15, 0.2) is 0 Å². The monoisotopic (exact) mass is 1320 g/mol. The molecule has 0 aliphatic rings. The third-order valence-corrected chi connectivity index (χ3v) is 26.4. The molecule has 0 heteroatoms. The largest absolute Gasteiger partial charge is 0.0599 e. The Bertz CT molecular complexity index is 4080. The van der Waals surface area contributed by atoms with E-state index in [1.807, 2.05) is 0 Å². The van der Waals surface area contributed by atoms with Gasteiger partial charge in [-0.3, -0.25) is 0 Å². The highest BCUT2D eigenvalue weighted by Gasteiger charge is 2.41. The summed E-state index contributed by atoms with van der Waals surface area (Å²) < 4.78 is 0. The van der Waals surface area contributed by atoms with E-state index in [4.69, 9.17) is 0 Å². The molecule has 0 bridgehead atoms. The van der Waals surface area contributed by atoms with E-state index in [2.05, 4.69) is 318 Å². The van der Waals surface area contributed by atoms with Gasteiger partial charge < -0.3 is 0 Å². The molecular formula is C98H146. The van der Waals surface area contributed by atoms with E-state index in [-0.39, 0.29) is 43.3 Å². The Morgan fingerprint density at radius 2 is 0.316 bits per heavy atom. The molecule has 8 aromatic carbocycles. The first-order valence-electron chi connectivity index (χ1n) is 38.1. The van der Waals surface area contributed by atoms with E-state index in [1.54, 1.807) is 22.3 Å². The van der Waals surface area contributed by atoms with Crippen molar-refractivity contribution in [2.75, 3.05) is 0 Å². The maximum atomic E-state index is 2.43. The zero-order valence-corrected chi connectivity index (χ0v) is 72.8. The van der Waals surface area contributed by atoms with Gasteiger partial charge in [0.05, 0.1) is 0 Å². The minimum atomic E-state index is 0.0890.